The van der Waals surface area contributed by atoms with E-state index in [1.54, 1.807) is 0 Å². The van der Waals surface area contributed by atoms with Gasteiger partial charge in [-0.3, -0.25) is 24.0 Å². The van der Waals surface area contributed by atoms with Crippen molar-refractivity contribution in [3.63, 3.8) is 0 Å². The molecule has 2 heterocycles. The second-order valence-corrected chi connectivity index (χ2v) is 8.09. The molecule has 0 saturated carbocycles. The van der Waals surface area contributed by atoms with Crippen LogP contribution in [0.15, 0.2) is 18.2 Å². The van der Waals surface area contributed by atoms with Crippen molar-refractivity contribution < 1.29 is 24.0 Å². The molecule has 3 rings (SSSR count). The van der Waals surface area contributed by atoms with Crippen LogP contribution in [0, 0.1) is 13.8 Å². The van der Waals surface area contributed by atoms with Gasteiger partial charge in [-0.1, -0.05) is 18.2 Å². The zero-order valence-electron chi connectivity index (χ0n) is 17.8. The fraction of sp³-hybridized carbons (Fsp3) is 0.500. The Labute approximate surface area is 180 Å². The lowest BCUT2D eigenvalue weighted by Crippen LogP contribution is -2.50. The Morgan fingerprint density at radius 1 is 1.10 bits per heavy atom. The number of rotatable bonds is 7. The number of ketones is 1. The number of benzene rings is 1. The maximum atomic E-state index is 12.6. The Morgan fingerprint density at radius 2 is 1.87 bits per heavy atom. The first-order chi connectivity index (χ1) is 14.8. The van der Waals surface area contributed by atoms with Crippen LogP contribution in [0.2, 0.25) is 0 Å². The molecule has 9 heteroatoms. The largest absolute Gasteiger partial charge is 0.345 e. The van der Waals surface area contributed by atoms with Gasteiger partial charge in [-0.15, -0.1) is 0 Å². The van der Waals surface area contributed by atoms with Gasteiger partial charge in [-0.05, 0) is 49.8 Å². The van der Waals surface area contributed by atoms with Gasteiger partial charge in [0.2, 0.25) is 23.5 Å². The van der Waals surface area contributed by atoms with Crippen LogP contribution in [0.1, 0.15) is 42.4 Å². The summed E-state index contributed by atoms with van der Waals surface area (Å²) in [5.41, 5.74) is 3.14. The smallest absolute Gasteiger partial charge is 0.289 e. The van der Waals surface area contributed by atoms with Crippen molar-refractivity contribution in [3.8, 4) is 0 Å². The highest BCUT2D eigenvalue weighted by atomic mass is 16.2. The summed E-state index contributed by atoms with van der Waals surface area (Å²) in [6, 6.07) is 4.36. The molecule has 2 aliphatic heterocycles. The molecule has 1 aromatic rings. The third-order valence-electron chi connectivity index (χ3n) is 5.85. The second kappa shape index (κ2) is 9.72. The molecular weight excluding hydrogens is 400 g/mol. The van der Waals surface area contributed by atoms with E-state index in [9.17, 15) is 24.0 Å². The molecule has 9 nitrogen and oxygen atoms in total. The first-order valence-corrected chi connectivity index (χ1v) is 10.5. The third-order valence-corrected chi connectivity index (χ3v) is 5.85. The number of aryl methyl sites for hydroxylation is 2. The number of hydrogen-bond donors (Lipinski definition) is 3. The van der Waals surface area contributed by atoms with E-state index in [-0.39, 0.29) is 25.4 Å². The molecule has 1 aromatic carbocycles. The Balaban J connectivity index is 1.50. The standard InChI is InChI=1S/C22H28N4O5/c1-13-5-6-15(10-14(13)2)11-23-22(31)20(29)17-4-3-9-26(17)19(28)12-24-21(30)16-7-8-18(27)25-16/h5-6,10,16-17H,3-4,7-9,11-12H2,1-2H3,(H,23,31)(H,24,30)(H,25,27). The van der Waals surface area contributed by atoms with Crippen LogP contribution >= 0.6 is 0 Å². The van der Waals surface area contributed by atoms with E-state index in [0.717, 1.165) is 16.7 Å². The molecule has 0 aliphatic carbocycles. The van der Waals surface area contributed by atoms with Gasteiger partial charge < -0.3 is 20.9 Å². The molecule has 166 valence electrons. The van der Waals surface area contributed by atoms with Gasteiger partial charge in [-0.2, -0.15) is 0 Å². The third kappa shape index (κ3) is 5.48. The normalized spacial score (nSPS) is 20.3. The van der Waals surface area contributed by atoms with Crippen molar-refractivity contribution in [1.29, 1.82) is 0 Å². The minimum atomic E-state index is -0.824. The van der Waals surface area contributed by atoms with Crippen molar-refractivity contribution in [3.05, 3.63) is 34.9 Å². The van der Waals surface area contributed by atoms with Crippen LogP contribution in [-0.2, 0) is 30.5 Å². The van der Waals surface area contributed by atoms with Gasteiger partial charge in [0.15, 0.2) is 0 Å². The van der Waals surface area contributed by atoms with Gasteiger partial charge in [0.1, 0.15) is 12.1 Å². The molecule has 0 spiro atoms. The molecule has 2 unspecified atom stereocenters. The summed E-state index contributed by atoms with van der Waals surface area (Å²) in [6.45, 7) is 4.29. The lowest BCUT2D eigenvalue weighted by molar-refractivity contribution is -0.144. The van der Waals surface area contributed by atoms with Crippen molar-refractivity contribution in [1.82, 2.24) is 20.9 Å². The molecule has 2 atom stereocenters. The Bertz CT molecular complexity index is 913. The summed E-state index contributed by atoms with van der Waals surface area (Å²) < 4.78 is 0. The quantitative estimate of drug-likeness (QED) is 0.522. The molecule has 3 N–H and O–H groups in total. The van der Waals surface area contributed by atoms with Crippen LogP contribution in [0.3, 0.4) is 0 Å². The average molecular weight is 428 g/mol. The van der Waals surface area contributed by atoms with Crippen molar-refractivity contribution in [2.24, 2.45) is 0 Å². The summed E-state index contributed by atoms with van der Waals surface area (Å²) in [7, 11) is 0. The highest BCUT2D eigenvalue weighted by Gasteiger charge is 2.37. The fourth-order valence-corrected chi connectivity index (χ4v) is 3.87. The molecule has 2 fully saturated rings. The summed E-state index contributed by atoms with van der Waals surface area (Å²) in [5.74, 6) is -2.41. The maximum Gasteiger partial charge on any atom is 0.289 e. The summed E-state index contributed by atoms with van der Waals surface area (Å²) in [5, 5.41) is 7.69. The molecule has 0 radical (unpaired) electrons. The molecular formula is C22H28N4O5. The first-order valence-electron chi connectivity index (χ1n) is 10.5. The summed E-state index contributed by atoms with van der Waals surface area (Å²) in [4.78, 5) is 62.2. The topological polar surface area (TPSA) is 125 Å². The number of nitrogens with zero attached hydrogens (tertiary/aromatic N) is 1. The van der Waals surface area contributed by atoms with E-state index in [1.807, 2.05) is 32.0 Å². The van der Waals surface area contributed by atoms with Crippen LogP contribution < -0.4 is 16.0 Å². The van der Waals surface area contributed by atoms with Gasteiger partial charge in [0.05, 0.1) is 6.54 Å². The van der Waals surface area contributed by atoms with E-state index >= 15 is 0 Å². The minimum Gasteiger partial charge on any atom is -0.345 e. The zero-order valence-corrected chi connectivity index (χ0v) is 17.8. The lowest BCUT2D eigenvalue weighted by atomic mass is 10.1. The number of carbonyl (C=O) groups excluding carboxylic acids is 5. The van der Waals surface area contributed by atoms with Gasteiger partial charge in [-0.25, -0.2) is 0 Å². The van der Waals surface area contributed by atoms with Gasteiger partial charge in [0.25, 0.3) is 5.91 Å². The molecule has 4 amide bonds. The Kier molecular flexibility index (Phi) is 7.04. The van der Waals surface area contributed by atoms with E-state index in [4.69, 9.17) is 0 Å². The second-order valence-electron chi connectivity index (χ2n) is 8.09. The number of hydrogen-bond acceptors (Lipinski definition) is 5. The number of amides is 4. The highest BCUT2D eigenvalue weighted by molar-refractivity contribution is 6.38. The molecule has 31 heavy (non-hydrogen) atoms. The van der Waals surface area contributed by atoms with Gasteiger partial charge >= 0.3 is 0 Å². The van der Waals surface area contributed by atoms with Crippen molar-refractivity contribution in [2.45, 2.75) is 58.2 Å². The Morgan fingerprint density at radius 3 is 2.55 bits per heavy atom. The Hall–Kier alpha value is -3.23. The molecule has 2 aliphatic rings. The van der Waals surface area contributed by atoms with Crippen LogP contribution in [0.5, 0.6) is 0 Å². The lowest BCUT2D eigenvalue weighted by Gasteiger charge is -2.23. The predicted molar refractivity (Wildman–Crippen MR) is 112 cm³/mol. The number of nitrogens with one attached hydrogen (secondary N) is 3. The predicted octanol–water partition coefficient (Wildman–Crippen LogP) is -0.125. The van der Waals surface area contributed by atoms with Crippen LogP contribution in [0.4, 0.5) is 0 Å². The monoisotopic (exact) mass is 428 g/mol. The summed E-state index contributed by atoms with van der Waals surface area (Å²) in [6.07, 6.45) is 1.70. The van der Waals surface area contributed by atoms with Crippen LogP contribution in [-0.4, -0.2) is 59.5 Å². The number of Topliss-reactive ketones (excluding diaryl/α,β-unsaturated/α-hetero) is 1. The molecule has 0 aromatic heterocycles. The van der Waals surface area contributed by atoms with E-state index in [0.29, 0.717) is 25.8 Å². The fourth-order valence-electron chi connectivity index (χ4n) is 3.87. The highest BCUT2D eigenvalue weighted by Crippen LogP contribution is 2.18. The van der Waals surface area contributed by atoms with E-state index < -0.39 is 35.6 Å². The molecule has 2 saturated heterocycles. The maximum absolute atomic E-state index is 12.6. The van der Waals surface area contributed by atoms with E-state index in [2.05, 4.69) is 16.0 Å². The first kappa shape index (κ1) is 22.5. The number of likely N-dealkylation sites (tertiary alicyclic amines) is 1. The zero-order chi connectivity index (χ0) is 22.5. The van der Waals surface area contributed by atoms with Crippen LogP contribution in [0.25, 0.3) is 0 Å². The van der Waals surface area contributed by atoms with Crippen molar-refractivity contribution in [2.75, 3.05) is 13.1 Å². The minimum absolute atomic E-state index is 0.191. The van der Waals surface area contributed by atoms with Crippen molar-refractivity contribution >= 4 is 29.4 Å². The van der Waals surface area contributed by atoms with E-state index in [1.165, 1.54) is 4.90 Å². The SMILES string of the molecule is Cc1ccc(CNC(=O)C(=O)C2CCCN2C(=O)CNC(=O)C2CCC(=O)N2)cc1C. The number of carbonyl (C=O) groups is 5. The molecule has 0 bridgehead atoms. The van der Waals surface area contributed by atoms with Gasteiger partial charge in [0, 0.05) is 19.5 Å². The average Bonchev–Trinajstić information content (AvgIpc) is 3.41. The summed E-state index contributed by atoms with van der Waals surface area (Å²) >= 11 is 0.